The Hall–Kier alpha value is -0.560. The number of sulfone groups is 1. The second-order valence-electron chi connectivity index (χ2n) is 4.43. The van der Waals surface area contributed by atoms with Gasteiger partial charge in [0.1, 0.15) is 0 Å². The highest BCUT2D eigenvalue weighted by Crippen LogP contribution is 2.28. The predicted octanol–water partition coefficient (Wildman–Crippen LogP) is 1.30. The second-order valence-corrected chi connectivity index (χ2v) is 7.76. The Balaban J connectivity index is 2.06. The summed E-state index contributed by atoms with van der Waals surface area (Å²) in [5.41, 5.74) is 6.03. The maximum atomic E-state index is 11.3. The Labute approximate surface area is 112 Å². The minimum absolute atomic E-state index is 0.137. The Bertz CT molecular complexity index is 499. The monoisotopic (exact) mass is 287 g/mol. The molecule has 0 bridgehead atoms. The number of ether oxygens (including phenoxy) is 1. The number of nitrogens with two attached hydrogens (primary N) is 1. The minimum atomic E-state index is -3.12. The summed E-state index contributed by atoms with van der Waals surface area (Å²) in [7, 11) is -3.12. The van der Waals surface area contributed by atoms with E-state index in [0.717, 1.165) is 17.9 Å². The summed E-state index contributed by atoms with van der Waals surface area (Å²) in [6.45, 7) is 1.38. The van der Waals surface area contributed by atoms with Crippen LogP contribution in [0.5, 0.6) is 0 Å². The molecule has 18 heavy (non-hydrogen) atoms. The molecule has 1 fully saturated rings. The van der Waals surface area contributed by atoms with Crippen LogP contribution in [-0.2, 0) is 14.6 Å². The number of hydrogen-bond acceptors (Lipinski definition) is 5. The quantitative estimate of drug-likeness (QED) is 0.907. The van der Waals surface area contributed by atoms with Crippen molar-refractivity contribution in [3.8, 4) is 0 Å². The summed E-state index contributed by atoms with van der Waals surface area (Å²) in [5.74, 6) is 0. The summed E-state index contributed by atoms with van der Waals surface area (Å²) in [4.78, 5) is 1.37. The van der Waals surface area contributed by atoms with Gasteiger partial charge in [0.05, 0.1) is 11.5 Å². The van der Waals surface area contributed by atoms with E-state index in [1.807, 2.05) is 12.1 Å². The Morgan fingerprint density at radius 1 is 1.33 bits per heavy atom. The van der Waals surface area contributed by atoms with Crippen molar-refractivity contribution in [3.63, 3.8) is 0 Å². The van der Waals surface area contributed by atoms with Gasteiger partial charge in [-0.3, -0.25) is 0 Å². The largest absolute Gasteiger partial charge is 0.380 e. The van der Waals surface area contributed by atoms with Gasteiger partial charge in [0, 0.05) is 29.0 Å². The van der Waals surface area contributed by atoms with E-state index >= 15 is 0 Å². The summed E-state index contributed by atoms with van der Waals surface area (Å²) in [5, 5.41) is 0.239. The zero-order valence-electron chi connectivity index (χ0n) is 10.2. The van der Waals surface area contributed by atoms with Gasteiger partial charge in [0.2, 0.25) is 0 Å². The molecule has 6 heteroatoms. The molecule has 2 atom stereocenters. The molecule has 0 spiro atoms. The van der Waals surface area contributed by atoms with Crippen LogP contribution in [0.3, 0.4) is 0 Å². The van der Waals surface area contributed by atoms with E-state index in [0.29, 0.717) is 11.5 Å². The summed E-state index contributed by atoms with van der Waals surface area (Å²) < 4.78 is 28.1. The topological polar surface area (TPSA) is 69.4 Å². The molecular weight excluding hydrogens is 270 g/mol. The molecule has 2 rings (SSSR count). The maximum Gasteiger partial charge on any atom is 0.175 e. The molecule has 2 unspecified atom stereocenters. The third-order valence-corrected chi connectivity index (χ3v) is 5.36. The molecule has 0 radical (unpaired) electrons. The fraction of sp³-hybridized carbons (Fsp3) is 0.500. The lowest BCUT2D eigenvalue weighted by atomic mass is 10.1. The number of rotatable bonds is 3. The van der Waals surface area contributed by atoms with E-state index in [4.69, 9.17) is 10.5 Å². The van der Waals surface area contributed by atoms with E-state index in [2.05, 4.69) is 0 Å². The van der Waals surface area contributed by atoms with Gasteiger partial charge in [-0.15, -0.1) is 11.8 Å². The zero-order valence-corrected chi connectivity index (χ0v) is 11.8. The fourth-order valence-electron chi connectivity index (χ4n) is 1.79. The van der Waals surface area contributed by atoms with Crippen molar-refractivity contribution in [2.75, 3.05) is 19.5 Å². The molecule has 1 aromatic rings. The molecule has 100 valence electrons. The van der Waals surface area contributed by atoms with Crippen LogP contribution in [0.2, 0.25) is 0 Å². The van der Waals surface area contributed by atoms with Crippen LogP contribution in [0, 0.1) is 0 Å². The lowest BCUT2D eigenvalue weighted by Crippen LogP contribution is -2.40. The first kappa shape index (κ1) is 13.9. The smallest absolute Gasteiger partial charge is 0.175 e. The van der Waals surface area contributed by atoms with Crippen molar-refractivity contribution >= 4 is 21.6 Å². The number of hydrogen-bond donors (Lipinski definition) is 1. The molecule has 4 nitrogen and oxygen atoms in total. The van der Waals surface area contributed by atoms with Crippen molar-refractivity contribution in [2.24, 2.45) is 5.73 Å². The molecule has 1 saturated heterocycles. The van der Waals surface area contributed by atoms with Gasteiger partial charge in [-0.1, -0.05) is 0 Å². The van der Waals surface area contributed by atoms with Gasteiger partial charge in [0.15, 0.2) is 9.84 Å². The van der Waals surface area contributed by atoms with E-state index in [-0.39, 0.29) is 11.3 Å². The lowest BCUT2D eigenvalue weighted by molar-refractivity contribution is 0.0916. The lowest BCUT2D eigenvalue weighted by Gasteiger charge is -2.28. The van der Waals surface area contributed by atoms with Gasteiger partial charge in [-0.05, 0) is 30.7 Å². The van der Waals surface area contributed by atoms with Crippen LogP contribution in [0.15, 0.2) is 34.1 Å². The third-order valence-electron chi connectivity index (χ3n) is 2.89. The molecular formula is C12H17NO3S2. The molecule has 0 amide bonds. The third kappa shape index (κ3) is 3.47. The molecule has 1 aliphatic heterocycles. The maximum absolute atomic E-state index is 11.3. The second kappa shape index (κ2) is 5.61. The molecule has 1 aliphatic rings. The van der Waals surface area contributed by atoms with Crippen LogP contribution < -0.4 is 5.73 Å². The zero-order chi connectivity index (χ0) is 13.2. The first-order chi connectivity index (χ1) is 8.47. The molecule has 1 aromatic carbocycles. The first-order valence-electron chi connectivity index (χ1n) is 5.77. The first-order valence-corrected chi connectivity index (χ1v) is 8.54. The summed E-state index contributed by atoms with van der Waals surface area (Å²) in [6, 6.07) is 7.04. The highest BCUT2D eigenvalue weighted by molar-refractivity contribution is 8.00. The van der Waals surface area contributed by atoms with Gasteiger partial charge in [0.25, 0.3) is 0 Å². The molecule has 2 N–H and O–H groups in total. The van der Waals surface area contributed by atoms with Crippen LogP contribution in [0.25, 0.3) is 0 Å². The van der Waals surface area contributed by atoms with Gasteiger partial charge in [-0.2, -0.15) is 0 Å². The van der Waals surface area contributed by atoms with Crippen molar-refractivity contribution < 1.29 is 13.2 Å². The normalized spacial score (nSPS) is 25.0. The SMILES string of the molecule is CS(=O)(=O)c1ccc(SC2COCCC2N)cc1. The van der Waals surface area contributed by atoms with E-state index in [1.54, 1.807) is 23.9 Å². The van der Waals surface area contributed by atoms with Crippen molar-refractivity contribution in [1.82, 2.24) is 0 Å². The average molecular weight is 287 g/mol. The van der Waals surface area contributed by atoms with E-state index in [1.165, 1.54) is 6.26 Å². The Morgan fingerprint density at radius 2 is 2.00 bits per heavy atom. The van der Waals surface area contributed by atoms with Crippen LogP contribution in [0.4, 0.5) is 0 Å². The number of benzene rings is 1. The van der Waals surface area contributed by atoms with E-state index in [9.17, 15) is 8.42 Å². The van der Waals surface area contributed by atoms with Crippen molar-refractivity contribution in [1.29, 1.82) is 0 Å². The highest BCUT2D eigenvalue weighted by atomic mass is 32.2. The number of thioether (sulfide) groups is 1. The van der Waals surface area contributed by atoms with Crippen LogP contribution in [0.1, 0.15) is 6.42 Å². The van der Waals surface area contributed by atoms with Gasteiger partial charge >= 0.3 is 0 Å². The Kier molecular flexibility index (Phi) is 4.32. The highest BCUT2D eigenvalue weighted by Gasteiger charge is 2.23. The van der Waals surface area contributed by atoms with Crippen molar-refractivity contribution in [3.05, 3.63) is 24.3 Å². The van der Waals surface area contributed by atoms with Crippen LogP contribution >= 0.6 is 11.8 Å². The predicted molar refractivity (Wildman–Crippen MR) is 72.6 cm³/mol. The molecule has 1 heterocycles. The Morgan fingerprint density at radius 3 is 2.56 bits per heavy atom. The van der Waals surface area contributed by atoms with Crippen molar-refractivity contribution in [2.45, 2.75) is 27.5 Å². The molecule has 0 saturated carbocycles. The van der Waals surface area contributed by atoms with Crippen LogP contribution in [-0.4, -0.2) is 39.2 Å². The van der Waals surface area contributed by atoms with Gasteiger partial charge in [-0.25, -0.2) is 8.42 Å². The minimum Gasteiger partial charge on any atom is -0.380 e. The average Bonchev–Trinajstić information content (AvgIpc) is 2.32. The molecule has 0 aliphatic carbocycles. The fourth-order valence-corrected chi connectivity index (χ4v) is 3.54. The summed E-state index contributed by atoms with van der Waals surface area (Å²) in [6.07, 6.45) is 2.08. The van der Waals surface area contributed by atoms with E-state index < -0.39 is 9.84 Å². The standard InChI is InChI=1S/C12H17NO3S2/c1-18(14,15)10-4-2-9(3-5-10)17-12-8-16-7-6-11(12)13/h2-5,11-12H,6-8,13H2,1H3. The molecule has 0 aromatic heterocycles. The van der Waals surface area contributed by atoms with Gasteiger partial charge < -0.3 is 10.5 Å². The summed E-state index contributed by atoms with van der Waals surface area (Å²) >= 11 is 1.65.